The smallest absolute Gasteiger partial charge is 0.252 e. The molecule has 0 amide bonds. The molecule has 0 saturated heterocycles. The number of aromatic nitrogens is 4. The van der Waals surface area contributed by atoms with Gasteiger partial charge in [0.25, 0.3) is 0 Å². The van der Waals surface area contributed by atoms with E-state index in [1.54, 1.807) is 12.4 Å². The maximum absolute atomic E-state index is 4.93. The Bertz CT molecular complexity index is 2010. The first-order valence-corrected chi connectivity index (χ1v) is 15.7. The molecule has 5 heteroatoms. The van der Waals surface area contributed by atoms with Gasteiger partial charge in [-0.3, -0.25) is 15.0 Å². The van der Waals surface area contributed by atoms with Crippen molar-refractivity contribution in [1.29, 1.82) is 0 Å². The van der Waals surface area contributed by atoms with Gasteiger partial charge in [-0.1, -0.05) is 152 Å². The van der Waals surface area contributed by atoms with E-state index in [0.717, 1.165) is 56.3 Å². The number of nitrogens with zero attached hydrogens (tertiary/aromatic N) is 4. The molecule has 6 aromatic carbocycles. The van der Waals surface area contributed by atoms with E-state index in [0.29, 0.717) is 0 Å². The summed E-state index contributed by atoms with van der Waals surface area (Å²) in [5.74, 6) is 0. The largest absolute Gasteiger partial charge is 1.00 e. The average Bonchev–Trinajstić information content (AvgIpc) is 3.20. The third kappa shape index (κ3) is 9.56. The standard InChI is InChI=1S/C22H16N2.C16H12N2.C6H5.Li/c1-4-10-17(11-5-1)20-16-23-21(18-12-6-2-7-13-18)22(24-20)19-14-8-3-9-15-19;1-3-7-13(8-4-1)15-16(18-12-11-17-15)14-9-5-2-6-10-14;1-2-4-6-5-3-1;/h1-16H;1-12H;1-5H;/q;;-1;+1. The molecule has 0 unspecified atom stereocenters. The van der Waals surface area contributed by atoms with Crippen LogP contribution in [0.5, 0.6) is 0 Å². The first-order valence-electron chi connectivity index (χ1n) is 15.7. The van der Waals surface area contributed by atoms with Crippen LogP contribution >= 0.6 is 0 Å². The molecule has 8 aromatic rings. The Kier molecular flexibility index (Phi) is 12.9. The number of rotatable bonds is 5. The third-order valence-corrected chi connectivity index (χ3v) is 7.34. The second kappa shape index (κ2) is 18.4. The van der Waals surface area contributed by atoms with Crippen molar-refractivity contribution < 1.29 is 18.9 Å². The second-order valence-electron chi connectivity index (χ2n) is 10.6. The number of hydrogen-bond donors (Lipinski definition) is 0. The van der Waals surface area contributed by atoms with Crippen LogP contribution in [0.2, 0.25) is 0 Å². The van der Waals surface area contributed by atoms with Crippen LogP contribution in [0.3, 0.4) is 0 Å². The van der Waals surface area contributed by atoms with E-state index in [4.69, 9.17) is 9.97 Å². The van der Waals surface area contributed by atoms with Crippen LogP contribution in [0.4, 0.5) is 0 Å². The predicted molar refractivity (Wildman–Crippen MR) is 197 cm³/mol. The summed E-state index contributed by atoms with van der Waals surface area (Å²) in [5.41, 5.74) is 9.92. The monoisotopic (exact) mass is 624 g/mol. The van der Waals surface area contributed by atoms with E-state index in [-0.39, 0.29) is 18.9 Å². The molecule has 0 aliphatic rings. The maximum Gasteiger partial charge on any atom is 1.00 e. The van der Waals surface area contributed by atoms with E-state index in [1.807, 2.05) is 128 Å². The van der Waals surface area contributed by atoms with Crippen LogP contribution in [-0.4, -0.2) is 19.9 Å². The Hall–Kier alpha value is -5.92. The summed E-state index contributed by atoms with van der Waals surface area (Å²) in [6, 6.07) is 63.3. The Morgan fingerprint density at radius 1 is 0.327 bits per heavy atom. The fourth-order valence-electron chi connectivity index (χ4n) is 5.04. The van der Waals surface area contributed by atoms with Gasteiger partial charge in [0.15, 0.2) is 0 Å². The molecule has 230 valence electrons. The maximum atomic E-state index is 4.93. The number of hydrogen-bond acceptors (Lipinski definition) is 4. The fraction of sp³-hybridized carbons (Fsp3) is 0. The molecular weight excluding hydrogens is 591 g/mol. The average molecular weight is 625 g/mol. The molecule has 0 N–H and O–H groups in total. The van der Waals surface area contributed by atoms with Crippen molar-refractivity contribution >= 4 is 0 Å². The molecule has 0 fully saturated rings. The van der Waals surface area contributed by atoms with E-state index in [9.17, 15) is 0 Å². The molecule has 8 rings (SSSR count). The van der Waals surface area contributed by atoms with Crippen LogP contribution in [0, 0.1) is 6.07 Å². The first kappa shape index (κ1) is 34.4. The quantitative estimate of drug-likeness (QED) is 0.145. The minimum atomic E-state index is 0. The van der Waals surface area contributed by atoms with Gasteiger partial charge < -0.3 is 0 Å². The molecule has 2 heterocycles. The van der Waals surface area contributed by atoms with Gasteiger partial charge in [0.05, 0.1) is 34.7 Å². The topological polar surface area (TPSA) is 51.6 Å². The Morgan fingerprint density at radius 3 is 1.00 bits per heavy atom. The van der Waals surface area contributed by atoms with Gasteiger partial charge in [-0.15, -0.1) is 0 Å². The van der Waals surface area contributed by atoms with E-state index >= 15 is 0 Å². The summed E-state index contributed by atoms with van der Waals surface area (Å²) in [6.07, 6.45) is 5.31. The third-order valence-electron chi connectivity index (χ3n) is 7.34. The van der Waals surface area contributed by atoms with E-state index in [2.05, 4.69) is 76.7 Å². The minimum absolute atomic E-state index is 0. The van der Waals surface area contributed by atoms with Gasteiger partial charge in [-0.05, 0) is 0 Å². The van der Waals surface area contributed by atoms with Crippen molar-refractivity contribution in [3.05, 3.63) is 207 Å². The SMILES string of the molecule is [Li+].[c-]1ccccc1.c1ccc(-c2cnc(-c3ccccc3)c(-c3ccccc3)n2)cc1.c1ccc(-c2nccnc2-c2ccccc2)cc1. The van der Waals surface area contributed by atoms with Crippen molar-refractivity contribution in [2.75, 3.05) is 0 Å². The Balaban J connectivity index is 0.000000165. The van der Waals surface area contributed by atoms with Crippen LogP contribution in [0.25, 0.3) is 56.3 Å². The molecule has 0 atom stereocenters. The van der Waals surface area contributed by atoms with Gasteiger partial charge >= 0.3 is 18.9 Å². The molecule has 0 aliphatic carbocycles. The van der Waals surface area contributed by atoms with E-state index in [1.165, 1.54) is 0 Å². The molecule has 0 spiro atoms. The molecule has 0 bridgehead atoms. The van der Waals surface area contributed by atoms with Crippen LogP contribution in [-0.2, 0) is 0 Å². The first-order chi connectivity index (χ1) is 23.9. The predicted octanol–water partition coefficient (Wildman–Crippen LogP) is 7.78. The van der Waals surface area contributed by atoms with Crippen molar-refractivity contribution in [2.24, 2.45) is 0 Å². The fourth-order valence-corrected chi connectivity index (χ4v) is 5.04. The zero-order valence-corrected chi connectivity index (χ0v) is 27.3. The molecule has 0 saturated carbocycles. The van der Waals surface area contributed by atoms with Gasteiger partial charge in [0.2, 0.25) is 0 Å². The summed E-state index contributed by atoms with van der Waals surface area (Å²) < 4.78 is 0. The van der Waals surface area contributed by atoms with Crippen molar-refractivity contribution in [1.82, 2.24) is 19.9 Å². The van der Waals surface area contributed by atoms with E-state index < -0.39 is 0 Å². The van der Waals surface area contributed by atoms with Gasteiger partial charge in [-0.25, -0.2) is 4.98 Å². The molecular formula is C44H33LiN4. The van der Waals surface area contributed by atoms with Gasteiger partial charge in [-0.2, -0.15) is 36.4 Å². The van der Waals surface area contributed by atoms with Crippen LogP contribution in [0.15, 0.2) is 201 Å². The summed E-state index contributed by atoms with van der Waals surface area (Å²) in [5, 5.41) is 0. The zero-order chi connectivity index (χ0) is 32.6. The van der Waals surface area contributed by atoms with Crippen LogP contribution in [0.1, 0.15) is 0 Å². The normalized spacial score (nSPS) is 9.88. The summed E-state index contributed by atoms with van der Waals surface area (Å²) in [4.78, 5) is 18.6. The Labute approximate surface area is 300 Å². The Morgan fingerprint density at radius 2 is 0.653 bits per heavy atom. The van der Waals surface area contributed by atoms with Crippen molar-refractivity contribution in [2.45, 2.75) is 0 Å². The number of benzene rings is 6. The second-order valence-corrected chi connectivity index (χ2v) is 10.6. The molecule has 0 radical (unpaired) electrons. The molecule has 0 aliphatic heterocycles. The van der Waals surface area contributed by atoms with Crippen molar-refractivity contribution in [3.63, 3.8) is 0 Å². The molecule has 49 heavy (non-hydrogen) atoms. The van der Waals surface area contributed by atoms with Crippen LogP contribution < -0.4 is 18.9 Å². The summed E-state index contributed by atoms with van der Waals surface area (Å²) in [7, 11) is 0. The minimum Gasteiger partial charge on any atom is -0.252 e. The summed E-state index contributed by atoms with van der Waals surface area (Å²) in [6.45, 7) is 0. The van der Waals surface area contributed by atoms with Gasteiger partial charge in [0, 0.05) is 40.2 Å². The zero-order valence-electron chi connectivity index (χ0n) is 27.3. The van der Waals surface area contributed by atoms with Gasteiger partial charge in [0.1, 0.15) is 0 Å². The molecule has 2 aromatic heterocycles. The van der Waals surface area contributed by atoms with Crippen molar-refractivity contribution in [3.8, 4) is 56.3 Å². The summed E-state index contributed by atoms with van der Waals surface area (Å²) >= 11 is 0. The molecule has 4 nitrogen and oxygen atoms in total.